The Labute approximate surface area is 123 Å². The lowest BCUT2D eigenvalue weighted by atomic mass is 10.3. The molecule has 0 bridgehead atoms. The lowest BCUT2D eigenvalue weighted by Crippen LogP contribution is -2.17. The third-order valence-corrected chi connectivity index (χ3v) is 4.27. The van der Waals surface area contributed by atoms with Crippen molar-refractivity contribution in [1.29, 1.82) is 0 Å². The Morgan fingerprint density at radius 3 is 2.67 bits per heavy atom. The van der Waals surface area contributed by atoms with Crippen LogP contribution >= 0.6 is 0 Å². The molecule has 2 rings (SSSR count). The number of benzene rings is 1. The van der Waals surface area contributed by atoms with Crippen molar-refractivity contribution < 1.29 is 13.2 Å². The lowest BCUT2D eigenvalue weighted by Gasteiger charge is -2.13. The Balaban J connectivity index is 2.36. The fraction of sp³-hybridized carbons (Fsp3) is 0.308. The number of sulfonamides is 1. The van der Waals surface area contributed by atoms with E-state index in [0.717, 1.165) is 0 Å². The number of aromatic nitrogens is 2. The maximum atomic E-state index is 12.4. The fourth-order valence-electron chi connectivity index (χ4n) is 1.86. The molecule has 2 aromatic rings. The van der Waals surface area contributed by atoms with Crippen LogP contribution in [0.1, 0.15) is 19.9 Å². The maximum absolute atomic E-state index is 12.4. The second-order valence-corrected chi connectivity index (χ2v) is 6.45. The third-order valence-electron chi connectivity index (χ3n) is 2.91. The maximum Gasteiger partial charge on any atom is 0.263 e. The second-order valence-electron chi connectivity index (χ2n) is 4.76. The highest BCUT2D eigenvalue weighted by atomic mass is 32.2. The Hall–Kier alpha value is -2.22. The third kappa shape index (κ3) is 3.10. The summed E-state index contributed by atoms with van der Waals surface area (Å²) in [5.41, 5.74) is 6.07. The molecule has 8 heteroatoms. The Bertz CT molecular complexity index is 738. The Kier molecular flexibility index (Phi) is 4.08. The predicted octanol–water partition coefficient (Wildman–Crippen LogP) is 1.86. The first kappa shape index (κ1) is 15.2. The molecular formula is C13H18N4O3S. The van der Waals surface area contributed by atoms with E-state index in [1.807, 2.05) is 13.8 Å². The van der Waals surface area contributed by atoms with Gasteiger partial charge in [0.1, 0.15) is 11.6 Å². The summed E-state index contributed by atoms with van der Waals surface area (Å²) in [6.45, 7) is 3.83. The van der Waals surface area contributed by atoms with Crippen LogP contribution in [-0.2, 0) is 10.0 Å². The van der Waals surface area contributed by atoms with Crippen LogP contribution in [0.2, 0.25) is 0 Å². The Morgan fingerprint density at radius 1 is 1.33 bits per heavy atom. The molecule has 0 atom stereocenters. The molecular weight excluding hydrogens is 292 g/mol. The summed E-state index contributed by atoms with van der Waals surface area (Å²) >= 11 is 0. The van der Waals surface area contributed by atoms with E-state index in [0.29, 0.717) is 17.3 Å². The summed E-state index contributed by atoms with van der Waals surface area (Å²) < 4.78 is 34.0. The van der Waals surface area contributed by atoms with Gasteiger partial charge < -0.3 is 10.5 Å². The molecule has 114 valence electrons. The van der Waals surface area contributed by atoms with E-state index in [9.17, 15) is 8.42 Å². The van der Waals surface area contributed by atoms with E-state index < -0.39 is 10.0 Å². The van der Waals surface area contributed by atoms with Crippen molar-refractivity contribution in [2.75, 3.05) is 17.6 Å². The highest BCUT2D eigenvalue weighted by molar-refractivity contribution is 7.92. The molecule has 1 aromatic heterocycles. The van der Waals surface area contributed by atoms with Gasteiger partial charge in [-0.05, 0) is 26.0 Å². The molecule has 0 amide bonds. The van der Waals surface area contributed by atoms with Gasteiger partial charge in [-0.2, -0.15) is 5.10 Å². The van der Waals surface area contributed by atoms with Crippen LogP contribution in [0.15, 0.2) is 35.4 Å². The largest absolute Gasteiger partial charge is 0.495 e. The number of hydrogen-bond donors (Lipinski definition) is 2. The van der Waals surface area contributed by atoms with E-state index in [1.54, 1.807) is 16.9 Å². The molecule has 0 aliphatic heterocycles. The summed E-state index contributed by atoms with van der Waals surface area (Å²) in [7, 11) is -2.30. The number of hydrogen-bond acceptors (Lipinski definition) is 5. The average molecular weight is 310 g/mol. The van der Waals surface area contributed by atoms with E-state index >= 15 is 0 Å². The van der Waals surface area contributed by atoms with Gasteiger partial charge >= 0.3 is 0 Å². The summed E-state index contributed by atoms with van der Waals surface area (Å²) in [4.78, 5) is 0.0741. The van der Waals surface area contributed by atoms with Crippen molar-refractivity contribution in [2.45, 2.75) is 24.8 Å². The van der Waals surface area contributed by atoms with Crippen LogP contribution in [0.4, 0.5) is 11.5 Å². The van der Waals surface area contributed by atoms with Crippen LogP contribution in [0, 0.1) is 0 Å². The predicted molar refractivity (Wildman–Crippen MR) is 80.8 cm³/mol. The van der Waals surface area contributed by atoms with Crippen molar-refractivity contribution in [2.24, 2.45) is 0 Å². The van der Waals surface area contributed by atoms with Gasteiger partial charge in [0, 0.05) is 18.2 Å². The molecule has 0 saturated carbocycles. The molecule has 3 N–H and O–H groups in total. The summed E-state index contributed by atoms with van der Waals surface area (Å²) in [5.74, 6) is 0.719. The number of nitrogens with zero attached hydrogens (tertiary/aromatic N) is 2. The second kappa shape index (κ2) is 5.65. The Morgan fingerprint density at radius 2 is 2.05 bits per heavy atom. The topological polar surface area (TPSA) is 99.2 Å². The molecule has 1 heterocycles. The molecule has 0 aliphatic carbocycles. The van der Waals surface area contributed by atoms with Crippen LogP contribution in [0.3, 0.4) is 0 Å². The minimum absolute atomic E-state index is 0.0404. The van der Waals surface area contributed by atoms with Crippen molar-refractivity contribution in [3.63, 3.8) is 0 Å². The molecule has 0 saturated heterocycles. The first-order valence-corrected chi connectivity index (χ1v) is 7.83. The number of nitrogens with two attached hydrogens (primary N) is 1. The fourth-order valence-corrected chi connectivity index (χ4v) is 2.93. The van der Waals surface area contributed by atoms with Crippen LogP contribution in [0.5, 0.6) is 5.75 Å². The number of rotatable bonds is 5. The van der Waals surface area contributed by atoms with Gasteiger partial charge in [0.05, 0.1) is 23.9 Å². The first-order chi connectivity index (χ1) is 9.85. The van der Waals surface area contributed by atoms with Crippen LogP contribution in [-0.4, -0.2) is 25.3 Å². The molecule has 0 radical (unpaired) electrons. The van der Waals surface area contributed by atoms with E-state index in [2.05, 4.69) is 9.82 Å². The number of nitrogen functional groups attached to an aromatic ring is 1. The zero-order chi connectivity index (χ0) is 15.6. The van der Waals surface area contributed by atoms with Crippen molar-refractivity contribution in [1.82, 2.24) is 9.78 Å². The van der Waals surface area contributed by atoms with Crippen molar-refractivity contribution in [3.05, 3.63) is 30.5 Å². The minimum Gasteiger partial charge on any atom is -0.495 e. The van der Waals surface area contributed by atoms with Gasteiger partial charge in [-0.1, -0.05) is 0 Å². The van der Waals surface area contributed by atoms with Crippen molar-refractivity contribution in [3.8, 4) is 5.75 Å². The van der Waals surface area contributed by atoms with Gasteiger partial charge in [-0.25, -0.2) is 13.1 Å². The molecule has 21 heavy (non-hydrogen) atoms. The molecule has 1 aromatic carbocycles. The zero-order valence-electron chi connectivity index (χ0n) is 12.1. The standard InChI is InChI=1S/C13H18N4O3S/c1-9(2)17-13(6-7-15-17)16-21(18,19)10-4-5-11(14)12(8-10)20-3/h4-9,16H,14H2,1-3H3. The van der Waals surface area contributed by atoms with E-state index in [4.69, 9.17) is 10.5 Å². The van der Waals surface area contributed by atoms with Gasteiger partial charge in [0.15, 0.2) is 0 Å². The first-order valence-electron chi connectivity index (χ1n) is 6.35. The summed E-state index contributed by atoms with van der Waals surface area (Å²) in [5, 5.41) is 4.09. The average Bonchev–Trinajstić information content (AvgIpc) is 2.86. The smallest absolute Gasteiger partial charge is 0.263 e. The number of ether oxygens (including phenoxy) is 1. The van der Waals surface area contributed by atoms with Gasteiger partial charge in [0.2, 0.25) is 0 Å². The van der Waals surface area contributed by atoms with Crippen LogP contribution in [0.25, 0.3) is 0 Å². The van der Waals surface area contributed by atoms with E-state index in [1.165, 1.54) is 25.3 Å². The van der Waals surface area contributed by atoms with Crippen LogP contribution < -0.4 is 15.2 Å². The lowest BCUT2D eigenvalue weighted by molar-refractivity contribution is 0.415. The SMILES string of the molecule is COc1cc(S(=O)(=O)Nc2ccnn2C(C)C)ccc1N. The zero-order valence-corrected chi connectivity index (χ0v) is 12.9. The van der Waals surface area contributed by atoms with Gasteiger partial charge in [-0.3, -0.25) is 4.72 Å². The molecule has 0 fully saturated rings. The molecule has 7 nitrogen and oxygen atoms in total. The van der Waals surface area contributed by atoms with Crippen molar-refractivity contribution >= 4 is 21.5 Å². The molecule has 0 unspecified atom stereocenters. The number of anilines is 2. The normalized spacial score (nSPS) is 11.6. The van der Waals surface area contributed by atoms with Gasteiger partial charge in [-0.15, -0.1) is 0 Å². The summed E-state index contributed by atoms with van der Waals surface area (Å²) in [6, 6.07) is 5.95. The molecule has 0 spiro atoms. The quantitative estimate of drug-likeness (QED) is 0.821. The molecule has 0 aliphatic rings. The number of methoxy groups -OCH3 is 1. The van der Waals surface area contributed by atoms with Gasteiger partial charge in [0.25, 0.3) is 10.0 Å². The highest BCUT2D eigenvalue weighted by Gasteiger charge is 2.18. The minimum atomic E-state index is -3.73. The number of nitrogens with one attached hydrogen (secondary N) is 1. The highest BCUT2D eigenvalue weighted by Crippen LogP contribution is 2.26. The summed E-state index contributed by atoms with van der Waals surface area (Å²) in [6.07, 6.45) is 1.54. The van der Waals surface area contributed by atoms with E-state index in [-0.39, 0.29) is 10.9 Å². The monoisotopic (exact) mass is 310 g/mol.